The van der Waals surface area contributed by atoms with Crippen LogP contribution >= 0.6 is 27.3 Å². The molecule has 2 rings (SSSR count). The molecule has 0 aliphatic heterocycles. The Morgan fingerprint density at radius 2 is 2.17 bits per heavy atom. The van der Waals surface area contributed by atoms with Crippen LogP contribution in [0.3, 0.4) is 0 Å². The van der Waals surface area contributed by atoms with Crippen molar-refractivity contribution < 1.29 is 0 Å². The molecule has 1 atom stereocenters. The molecule has 2 heterocycles. The van der Waals surface area contributed by atoms with Gasteiger partial charge in [-0.3, -0.25) is 4.68 Å². The van der Waals surface area contributed by atoms with Gasteiger partial charge in [-0.2, -0.15) is 5.10 Å². The number of thiazole rings is 1. The molecule has 6 heteroatoms. The molecule has 0 spiro atoms. The van der Waals surface area contributed by atoms with Crippen LogP contribution in [0.25, 0.3) is 0 Å². The Bertz CT molecular complexity index is 546. The van der Waals surface area contributed by atoms with Gasteiger partial charge in [-0.15, -0.1) is 11.3 Å². The van der Waals surface area contributed by atoms with Crippen molar-refractivity contribution in [1.82, 2.24) is 14.8 Å². The van der Waals surface area contributed by atoms with Crippen molar-refractivity contribution in [2.24, 2.45) is 5.73 Å². The molecule has 0 fully saturated rings. The second-order valence-corrected chi connectivity index (χ2v) is 5.95. The van der Waals surface area contributed by atoms with E-state index in [9.17, 15) is 0 Å². The van der Waals surface area contributed by atoms with Gasteiger partial charge in [-0.1, -0.05) is 0 Å². The molecule has 0 bridgehead atoms. The summed E-state index contributed by atoms with van der Waals surface area (Å²) in [5.74, 6) is 0. The summed E-state index contributed by atoms with van der Waals surface area (Å²) in [5.41, 5.74) is 11.3. The molecule has 0 aliphatic carbocycles. The molecule has 18 heavy (non-hydrogen) atoms. The zero-order chi connectivity index (χ0) is 13.3. The zero-order valence-corrected chi connectivity index (χ0v) is 13.2. The molecular formula is C12H17BrN4S. The highest BCUT2D eigenvalue weighted by molar-refractivity contribution is 9.10. The molecule has 98 valence electrons. The Kier molecular flexibility index (Phi) is 4.19. The molecule has 0 radical (unpaired) electrons. The van der Waals surface area contributed by atoms with E-state index < -0.39 is 0 Å². The fraction of sp³-hybridized carbons (Fsp3) is 0.500. The predicted octanol–water partition coefficient (Wildman–Crippen LogP) is 2.98. The summed E-state index contributed by atoms with van der Waals surface area (Å²) in [6.45, 7) is 6.95. The number of hydrogen-bond acceptors (Lipinski definition) is 4. The monoisotopic (exact) mass is 328 g/mol. The van der Waals surface area contributed by atoms with E-state index in [2.05, 4.69) is 32.9 Å². The number of hydrogen-bond donors (Lipinski definition) is 1. The second kappa shape index (κ2) is 5.50. The lowest BCUT2D eigenvalue weighted by atomic mass is 10.1. The highest BCUT2D eigenvalue weighted by atomic mass is 79.9. The number of nitrogens with zero attached hydrogens (tertiary/aromatic N) is 3. The zero-order valence-electron chi connectivity index (χ0n) is 10.8. The van der Waals surface area contributed by atoms with Crippen LogP contribution in [0.1, 0.15) is 34.9 Å². The number of rotatable bonds is 4. The normalized spacial score (nSPS) is 12.9. The minimum absolute atomic E-state index is 0.0183. The van der Waals surface area contributed by atoms with Crippen LogP contribution in [0.4, 0.5) is 0 Å². The van der Waals surface area contributed by atoms with E-state index in [4.69, 9.17) is 5.73 Å². The molecular weight excluding hydrogens is 312 g/mol. The van der Waals surface area contributed by atoms with Crippen LogP contribution in [0.15, 0.2) is 9.98 Å². The number of halogens is 1. The summed E-state index contributed by atoms with van der Waals surface area (Å²) in [7, 11) is 0. The lowest BCUT2D eigenvalue weighted by Crippen LogP contribution is -2.16. The van der Waals surface area contributed by atoms with Crippen LogP contribution < -0.4 is 5.73 Å². The van der Waals surface area contributed by atoms with Gasteiger partial charge in [0.15, 0.2) is 0 Å². The maximum Gasteiger partial charge on any atom is 0.0798 e. The third kappa shape index (κ3) is 2.50. The van der Waals surface area contributed by atoms with E-state index >= 15 is 0 Å². The lowest BCUT2D eigenvalue weighted by Gasteiger charge is -2.12. The smallest absolute Gasteiger partial charge is 0.0798 e. The number of aryl methyl sites for hydroxylation is 3. The largest absolute Gasteiger partial charge is 0.323 e. The third-order valence-corrected chi connectivity index (χ3v) is 5.08. The Balaban J connectivity index is 2.27. The Hall–Kier alpha value is -0.720. The standard InChI is InChI=1S/C12H17BrN4S/c1-4-17-10(11(13)7(2)16-17)5-9(14)12-8(3)15-6-18-12/h6,9H,4-5,14H2,1-3H3. The predicted molar refractivity (Wildman–Crippen MR) is 77.8 cm³/mol. The van der Waals surface area contributed by atoms with Gasteiger partial charge in [-0.25, -0.2) is 4.98 Å². The summed E-state index contributed by atoms with van der Waals surface area (Å²) < 4.78 is 3.08. The molecule has 0 aliphatic rings. The van der Waals surface area contributed by atoms with E-state index in [1.807, 2.05) is 24.0 Å². The Morgan fingerprint density at radius 1 is 1.44 bits per heavy atom. The van der Waals surface area contributed by atoms with Crippen LogP contribution in [-0.2, 0) is 13.0 Å². The highest BCUT2D eigenvalue weighted by Gasteiger charge is 2.18. The Labute approximate surface area is 119 Å². The molecule has 4 nitrogen and oxygen atoms in total. The van der Waals surface area contributed by atoms with Gasteiger partial charge >= 0.3 is 0 Å². The first-order valence-corrected chi connectivity index (χ1v) is 7.59. The van der Waals surface area contributed by atoms with E-state index in [0.29, 0.717) is 0 Å². The van der Waals surface area contributed by atoms with E-state index in [1.54, 1.807) is 11.3 Å². The quantitative estimate of drug-likeness (QED) is 0.938. The summed E-state index contributed by atoms with van der Waals surface area (Å²) in [6, 6.07) is -0.0183. The molecule has 0 saturated carbocycles. The summed E-state index contributed by atoms with van der Waals surface area (Å²) >= 11 is 5.22. The molecule has 0 saturated heterocycles. The van der Waals surface area contributed by atoms with Crippen LogP contribution in [-0.4, -0.2) is 14.8 Å². The fourth-order valence-corrected chi connectivity index (χ4v) is 3.28. The Morgan fingerprint density at radius 3 is 2.72 bits per heavy atom. The summed E-state index contributed by atoms with van der Waals surface area (Å²) in [5, 5.41) is 4.49. The van der Waals surface area contributed by atoms with Gasteiger partial charge in [0.2, 0.25) is 0 Å². The first-order valence-electron chi connectivity index (χ1n) is 5.91. The first-order chi connectivity index (χ1) is 8.54. The van der Waals surface area contributed by atoms with Crippen molar-refractivity contribution in [2.45, 2.75) is 39.8 Å². The third-order valence-electron chi connectivity index (χ3n) is 2.99. The fourth-order valence-electron chi connectivity index (χ4n) is 2.03. The van der Waals surface area contributed by atoms with Gasteiger partial charge in [0, 0.05) is 23.9 Å². The minimum Gasteiger partial charge on any atom is -0.323 e. The van der Waals surface area contributed by atoms with Crippen molar-refractivity contribution in [3.8, 4) is 0 Å². The van der Waals surface area contributed by atoms with Gasteiger partial charge in [-0.05, 0) is 36.7 Å². The van der Waals surface area contributed by atoms with Gasteiger partial charge in [0.25, 0.3) is 0 Å². The van der Waals surface area contributed by atoms with Crippen LogP contribution in [0.2, 0.25) is 0 Å². The average Bonchev–Trinajstić information content (AvgIpc) is 2.87. The van der Waals surface area contributed by atoms with Crippen molar-refractivity contribution in [1.29, 1.82) is 0 Å². The minimum atomic E-state index is -0.0183. The van der Waals surface area contributed by atoms with Gasteiger partial charge in [0.1, 0.15) is 0 Å². The second-order valence-electron chi connectivity index (χ2n) is 4.27. The molecule has 1 unspecified atom stereocenters. The van der Waals surface area contributed by atoms with E-state index in [0.717, 1.165) is 39.4 Å². The van der Waals surface area contributed by atoms with E-state index in [-0.39, 0.29) is 6.04 Å². The van der Waals surface area contributed by atoms with Crippen molar-refractivity contribution in [3.63, 3.8) is 0 Å². The molecule has 2 N–H and O–H groups in total. The number of aromatic nitrogens is 3. The lowest BCUT2D eigenvalue weighted by molar-refractivity contribution is 0.588. The summed E-state index contributed by atoms with van der Waals surface area (Å²) in [6.07, 6.45) is 0.776. The van der Waals surface area contributed by atoms with Crippen molar-refractivity contribution >= 4 is 27.3 Å². The van der Waals surface area contributed by atoms with Crippen LogP contribution in [0.5, 0.6) is 0 Å². The van der Waals surface area contributed by atoms with Gasteiger partial charge < -0.3 is 5.73 Å². The van der Waals surface area contributed by atoms with Crippen LogP contribution in [0, 0.1) is 13.8 Å². The van der Waals surface area contributed by atoms with Crippen molar-refractivity contribution in [3.05, 3.63) is 31.9 Å². The van der Waals surface area contributed by atoms with Gasteiger partial charge in [0.05, 0.1) is 27.1 Å². The molecule has 0 amide bonds. The topological polar surface area (TPSA) is 56.7 Å². The first kappa shape index (κ1) is 13.7. The molecule has 2 aromatic heterocycles. The summed E-state index contributed by atoms with van der Waals surface area (Å²) in [4.78, 5) is 5.41. The SMILES string of the molecule is CCn1nc(C)c(Br)c1CC(N)c1scnc1C. The van der Waals surface area contributed by atoms with E-state index in [1.165, 1.54) is 0 Å². The average molecular weight is 329 g/mol. The molecule has 2 aromatic rings. The number of nitrogens with two attached hydrogens (primary N) is 1. The highest BCUT2D eigenvalue weighted by Crippen LogP contribution is 2.28. The molecule has 0 aromatic carbocycles. The maximum atomic E-state index is 6.28. The van der Waals surface area contributed by atoms with Crippen molar-refractivity contribution in [2.75, 3.05) is 0 Å². The maximum absolute atomic E-state index is 6.28.